The van der Waals surface area contributed by atoms with Crippen LogP contribution in [0.15, 0.2) is 28.5 Å². The van der Waals surface area contributed by atoms with Gasteiger partial charge in [-0.3, -0.25) is 0 Å². The van der Waals surface area contributed by atoms with E-state index in [-0.39, 0.29) is 0 Å². The second kappa shape index (κ2) is 7.94. The number of piperazine rings is 2. The Bertz CT molecular complexity index is 898. The molecule has 0 bridgehead atoms. The van der Waals surface area contributed by atoms with Gasteiger partial charge in [0, 0.05) is 57.2 Å². The summed E-state index contributed by atoms with van der Waals surface area (Å²) in [5.41, 5.74) is 0. The third-order valence-corrected chi connectivity index (χ3v) is 8.70. The summed E-state index contributed by atoms with van der Waals surface area (Å²) in [5.74, 6) is 1.72. The molecule has 4 rings (SSSR count). The van der Waals surface area contributed by atoms with Crippen LogP contribution in [0.2, 0.25) is 0 Å². The van der Waals surface area contributed by atoms with Crippen LogP contribution in [0.25, 0.3) is 0 Å². The van der Waals surface area contributed by atoms with Gasteiger partial charge in [0.1, 0.15) is 4.21 Å². The molecule has 2 saturated heterocycles. The number of thiophene rings is 1. The molecule has 0 aliphatic carbocycles. The predicted octanol–water partition coefficient (Wildman–Crippen LogP) is 1.11. The minimum atomic E-state index is -3.39. The fourth-order valence-corrected chi connectivity index (χ4v) is 6.39. The van der Waals surface area contributed by atoms with E-state index in [2.05, 4.69) is 31.9 Å². The largest absolute Gasteiger partial charge is 0.353 e. The topological polar surface area (TPSA) is 72.9 Å². The van der Waals surface area contributed by atoms with E-state index in [9.17, 15) is 8.42 Å². The van der Waals surface area contributed by atoms with Gasteiger partial charge in [-0.15, -0.1) is 21.5 Å². The van der Waals surface area contributed by atoms with E-state index in [0.29, 0.717) is 30.4 Å². The van der Waals surface area contributed by atoms with Gasteiger partial charge in [-0.05, 0) is 38.2 Å². The molecule has 8 nitrogen and oxygen atoms in total. The van der Waals surface area contributed by atoms with Crippen molar-refractivity contribution in [3.05, 3.63) is 29.1 Å². The number of rotatable bonds is 4. The molecule has 2 aliphatic rings. The van der Waals surface area contributed by atoms with Crippen LogP contribution < -0.4 is 9.80 Å². The number of anilines is 2. The molecular weight excluding hydrogens is 396 g/mol. The second-order valence-electron chi connectivity index (χ2n) is 7.30. The summed E-state index contributed by atoms with van der Waals surface area (Å²) in [6.45, 7) is 8.06. The minimum Gasteiger partial charge on any atom is -0.353 e. The average Bonchev–Trinajstić information content (AvgIpc) is 3.16. The number of hydrogen-bond donors (Lipinski definition) is 0. The monoisotopic (exact) mass is 422 g/mol. The maximum Gasteiger partial charge on any atom is 0.252 e. The first kappa shape index (κ1) is 19.6. The molecule has 28 heavy (non-hydrogen) atoms. The quantitative estimate of drug-likeness (QED) is 0.731. The van der Waals surface area contributed by atoms with Crippen molar-refractivity contribution in [1.82, 2.24) is 19.4 Å². The molecule has 4 heterocycles. The number of likely N-dealkylation sites (N-methyl/N-ethyl adjacent to an activating group) is 1. The van der Waals surface area contributed by atoms with Crippen molar-refractivity contribution in [1.29, 1.82) is 0 Å². The summed E-state index contributed by atoms with van der Waals surface area (Å²) in [6.07, 6.45) is 0. The van der Waals surface area contributed by atoms with Crippen LogP contribution in [-0.4, -0.2) is 87.2 Å². The highest BCUT2D eigenvalue weighted by Crippen LogP contribution is 2.26. The highest BCUT2D eigenvalue weighted by molar-refractivity contribution is 7.91. The Kier molecular flexibility index (Phi) is 5.55. The van der Waals surface area contributed by atoms with E-state index in [1.165, 1.54) is 11.3 Å². The first-order chi connectivity index (χ1) is 13.4. The molecule has 0 radical (unpaired) electrons. The molecule has 2 fully saturated rings. The Labute approximate surface area is 170 Å². The van der Waals surface area contributed by atoms with Gasteiger partial charge in [-0.1, -0.05) is 0 Å². The van der Waals surface area contributed by atoms with Gasteiger partial charge in [-0.2, -0.15) is 4.31 Å². The van der Waals surface area contributed by atoms with Gasteiger partial charge in [0.15, 0.2) is 11.6 Å². The maximum absolute atomic E-state index is 12.8. The molecule has 152 valence electrons. The van der Waals surface area contributed by atoms with Crippen LogP contribution in [0.4, 0.5) is 11.6 Å². The highest BCUT2D eigenvalue weighted by atomic mass is 32.2. The van der Waals surface area contributed by atoms with Crippen LogP contribution >= 0.6 is 11.3 Å². The summed E-state index contributed by atoms with van der Waals surface area (Å²) in [6, 6.07) is 7.56. The molecule has 2 aromatic rings. The molecule has 2 aliphatic heterocycles. The standard InChI is InChI=1S/C18H26N6O2S2/c1-15-3-6-18(27-15)28(25,26)24-13-11-23(12-14-24)17-5-4-16(19-20-17)22-9-7-21(2)8-10-22/h3-6H,7-14H2,1-2H3. The zero-order chi connectivity index (χ0) is 19.7. The smallest absolute Gasteiger partial charge is 0.252 e. The van der Waals surface area contributed by atoms with Crippen molar-refractivity contribution in [3.63, 3.8) is 0 Å². The summed E-state index contributed by atoms with van der Waals surface area (Å²) < 4.78 is 27.5. The lowest BCUT2D eigenvalue weighted by atomic mass is 10.3. The van der Waals surface area contributed by atoms with Gasteiger partial charge < -0.3 is 14.7 Å². The van der Waals surface area contributed by atoms with E-state index in [1.807, 2.05) is 25.1 Å². The average molecular weight is 423 g/mol. The van der Waals surface area contributed by atoms with Crippen LogP contribution in [0.1, 0.15) is 4.88 Å². The first-order valence-electron chi connectivity index (χ1n) is 9.52. The van der Waals surface area contributed by atoms with E-state index < -0.39 is 10.0 Å². The van der Waals surface area contributed by atoms with Crippen molar-refractivity contribution in [3.8, 4) is 0 Å². The van der Waals surface area contributed by atoms with Crippen LogP contribution in [0.3, 0.4) is 0 Å². The normalized spacial score (nSPS) is 19.9. The van der Waals surface area contributed by atoms with Crippen LogP contribution in [0, 0.1) is 6.92 Å². The van der Waals surface area contributed by atoms with Crippen molar-refractivity contribution in [2.45, 2.75) is 11.1 Å². The van der Waals surface area contributed by atoms with Gasteiger partial charge in [-0.25, -0.2) is 8.42 Å². The Morgan fingerprint density at radius 2 is 1.36 bits per heavy atom. The van der Waals surface area contributed by atoms with Gasteiger partial charge in [0.05, 0.1) is 0 Å². The van der Waals surface area contributed by atoms with Crippen LogP contribution in [-0.2, 0) is 10.0 Å². The number of aromatic nitrogens is 2. The van der Waals surface area contributed by atoms with Gasteiger partial charge in [0.2, 0.25) is 0 Å². The summed E-state index contributed by atoms with van der Waals surface area (Å²) >= 11 is 1.33. The van der Waals surface area contributed by atoms with E-state index in [0.717, 1.165) is 42.7 Å². The Balaban J connectivity index is 1.37. The molecule has 0 unspecified atom stereocenters. The summed E-state index contributed by atoms with van der Waals surface area (Å²) in [7, 11) is -1.26. The molecule has 0 amide bonds. The molecule has 0 aromatic carbocycles. The third kappa shape index (κ3) is 4.00. The zero-order valence-electron chi connectivity index (χ0n) is 16.3. The third-order valence-electron chi connectivity index (χ3n) is 5.34. The summed E-state index contributed by atoms with van der Waals surface area (Å²) in [4.78, 5) is 7.67. The Morgan fingerprint density at radius 3 is 1.82 bits per heavy atom. The predicted molar refractivity (Wildman–Crippen MR) is 112 cm³/mol. The molecule has 0 atom stereocenters. The highest BCUT2D eigenvalue weighted by Gasteiger charge is 2.30. The van der Waals surface area contributed by atoms with Gasteiger partial charge >= 0.3 is 0 Å². The number of sulfonamides is 1. The molecule has 0 spiro atoms. The fourth-order valence-electron chi connectivity index (χ4n) is 3.53. The Morgan fingerprint density at radius 1 is 0.821 bits per heavy atom. The lowest BCUT2D eigenvalue weighted by molar-refractivity contribution is 0.312. The van der Waals surface area contributed by atoms with Crippen molar-refractivity contribution in [2.24, 2.45) is 0 Å². The number of hydrogen-bond acceptors (Lipinski definition) is 8. The molecule has 0 saturated carbocycles. The maximum atomic E-state index is 12.8. The van der Waals surface area contributed by atoms with Crippen molar-refractivity contribution in [2.75, 3.05) is 69.2 Å². The van der Waals surface area contributed by atoms with Crippen LogP contribution in [0.5, 0.6) is 0 Å². The van der Waals surface area contributed by atoms with Crippen molar-refractivity contribution >= 4 is 33.0 Å². The van der Waals surface area contributed by atoms with Crippen molar-refractivity contribution < 1.29 is 8.42 Å². The van der Waals surface area contributed by atoms with E-state index in [1.54, 1.807) is 10.4 Å². The lowest BCUT2D eigenvalue weighted by Gasteiger charge is -2.35. The summed E-state index contributed by atoms with van der Waals surface area (Å²) in [5, 5.41) is 8.81. The van der Waals surface area contributed by atoms with E-state index >= 15 is 0 Å². The SMILES string of the molecule is Cc1ccc(S(=O)(=O)N2CCN(c3ccc(N4CCN(C)CC4)nn3)CC2)s1. The lowest BCUT2D eigenvalue weighted by Crippen LogP contribution is -2.49. The molecule has 2 aromatic heterocycles. The Hall–Kier alpha value is -1.75. The van der Waals surface area contributed by atoms with Gasteiger partial charge in [0.25, 0.3) is 10.0 Å². The number of aryl methyl sites for hydroxylation is 1. The molecule has 10 heteroatoms. The minimum absolute atomic E-state index is 0.426. The zero-order valence-corrected chi connectivity index (χ0v) is 17.9. The van der Waals surface area contributed by atoms with E-state index in [4.69, 9.17) is 0 Å². The fraction of sp³-hybridized carbons (Fsp3) is 0.556. The second-order valence-corrected chi connectivity index (χ2v) is 10.7. The number of nitrogens with zero attached hydrogens (tertiary/aromatic N) is 6. The molecule has 0 N–H and O–H groups in total. The molecular formula is C18H26N6O2S2. The first-order valence-corrected chi connectivity index (χ1v) is 11.8.